The van der Waals surface area contributed by atoms with E-state index < -0.39 is 35.9 Å². The summed E-state index contributed by atoms with van der Waals surface area (Å²) in [6, 6.07) is 8.57. The second kappa shape index (κ2) is 12.9. The topological polar surface area (TPSA) is 117 Å². The molecule has 0 bridgehead atoms. The summed E-state index contributed by atoms with van der Waals surface area (Å²) in [7, 11) is 0. The molecule has 190 valence electrons. The van der Waals surface area contributed by atoms with Crippen LogP contribution in [0.25, 0.3) is 10.8 Å². The van der Waals surface area contributed by atoms with Crippen molar-refractivity contribution in [2.24, 2.45) is 16.8 Å². The molecule has 0 aromatic heterocycles. The molecule has 2 rings (SSSR count). The lowest BCUT2D eigenvalue weighted by atomic mass is 9.96. The molecule has 3 N–H and O–H groups in total. The van der Waals surface area contributed by atoms with Gasteiger partial charge in [-0.05, 0) is 42.5 Å². The fourth-order valence-electron chi connectivity index (χ4n) is 3.69. The molecule has 2 amide bonds. The van der Waals surface area contributed by atoms with E-state index >= 15 is 0 Å². The number of nitrogens with one attached hydrogen (secondary N) is 2. The van der Waals surface area contributed by atoms with Crippen molar-refractivity contribution in [1.29, 1.82) is 0 Å². The van der Waals surface area contributed by atoms with Gasteiger partial charge in [-0.15, -0.1) is 0 Å². The molecule has 8 heteroatoms. The summed E-state index contributed by atoms with van der Waals surface area (Å²) in [5, 5.41) is 17.6. The molecule has 0 aliphatic rings. The zero-order valence-corrected chi connectivity index (χ0v) is 21.4. The fraction of sp³-hybridized carbons (Fsp3) is 0.481. The van der Waals surface area contributed by atoms with Gasteiger partial charge in [0, 0.05) is 11.8 Å². The van der Waals surface area contributed by atoms with E-state index in [1.165, 1.54) is 6.21 Å². The number of amides is 2. The van der Waals surface area contributed by atoms with Gasteiger partial charge < -0.3 is 20.5 Å². The summed E-state index contributed by atoms with van der Waals surface area (Å²) >= 11 is 0. The highest BCUT2D eigenvalue weighted by atomic mass is 16.5. The lowest BCUT2D eigenvalue weighted by Gasteiger charge is -2.27. The van der Waals surface area contributed by atoms with E-state index in [0.29, 0.717) is 12.0 Å². The van der Waals surface area contributed by atoms with E-state index in [2.05, 4.69) is 15.6 Å². The van der Waals surface area contributed by atoms with Crippen molar-refractivity contribution >= 4 is 34.8 Å². The normalized spacial score (nSPS) is 14.9. The number of aromatic hydroxyl groups is 1. The Balaban J connectivity index is 2.26. The largest absolute Gasteiger partial charge is 0.507 e. The number of carbonyl (C=O) groups excluding carboxylic acids is 3. The number of phenolic OH excluding ortho intramolecular Hbond substituents is 1. The Morgan fingerprint density at radius 2 is 1.69 bits per heavy atom. The summed E-state index contributed by atoms with van der Waals surface area (Å²) in [6.45, 7) is 11.0. The molecular weight excluding hydrogens is 446 g/mol. The van der Waals surface area contributed by atoms with Crippen molar-refractivity contribution in [3.8, 4) is 5.75 Å². The van der Waals surface area contributed by atoms with Crippen LogP contribution >= 0.6 is 0 Å². The smallest absolute Gasteiger partial charge is 0.328 e. The predicted octanol–water partition coefficient (Wildman–Crippen LogP) is 3.59. The molecule has 4 atom stereocenters. The molecule has 0 saturated carbocycles. The summed E-state index contributed by atoms with van der Waals surface area (Å²) in [5.74, 6) is -1.66. The molecule has 0 heterocycles. The zero-order chi connectivity index (χ0) is 26.1. The molecule has 2 aromatic rings. The molecule has 8 nitrogen and oxygen atoms in total. The van der Waals surface area contributed by atoms with Gasteiger partial charge in [0.05, 0.1) is 6.61 Å². The number of fused-ring (bicyclic) bond motifs is 1. The number of ether oxygens (including phenoxy) is 1. The Morgan fingerprint density at radius 1 is 1.00 bits per heavy atom. The Morgan fingerprint density at radius 3 is 2.31 bits per heavy atom. The first-order valence-corrected chi connectivity index (χ1v) is 12.1. The third-order valence-electron chi connectivity index (χ3n) is 6.00. The maximum atomic E-state index is 13.3. The quantitative estimate of drug-likeness (QED) is 0.334. The van der Waals surface area contributed by atoms with Crippen LogP contribution in [0.3, 0.4) is 0 Å². The number of hydrogen-bond donors (Lipinski definition) is 3. The minimum Gasteiger partial charge on any atom is -0.507 e. The molecule has 0 aliphatic carbocycles. The van der Waals surface area contributed by atoms with Crippen molar-refractivity contribution in [2.45, 2.75) is 66.1 Å². The monoisotopic (exact) mass is 483 g/mol. The van der Waals surface area contributed by atoms with E-state index in [9.17, 15) is 19.5 Å². The SMILES string of the molecule is CCOC(=O)[C@H](C)NC(=O)[C@@H](NC(=O)[C@@H](N=Cc1c(O)ccc2ccccc12)C(C)C)[C@@H](C)CC. The standard InChI is InChI=1S/C27H37N3O5/c1-7-17(5)24(26(33)29-18(6)27(34)35-8-2)30-25(32)23(16(3)4)28-15-21-20-12-10-9-11-19(20)13-14-22(21)31/h9-18,23-24,31H,7-8H2,1-6H3,(H,29,33)(H,30,32)/t17-,18-,23-,24-/m0/s1. The van der Waals surface area contributed by atoms with Gasteiger partial charge in [0.15, 0.2) is 0 Å². The van der Waals surface area contributed by atoms with Crippen molar-refractivity contribution < 1.29 is 24.2 Å². The second-order valence-corrected chi connectivity index (χ2v) is 9.04. The van der Waals surface area contributed by atoms with Gasteiger partial charge in [0.25, 0.3) is 0 Å². The van der Waals surface area contributed by atoms with Gasteiger partial charge in [-0.25, -0.2) is 4.79 Å². The Kier molecular flexibility index (Phi) is 10.2. The van der Waals surface area contributed by atoms with Crippen molar-refractivity contribution in [3.63, 3.8) is 0 Å². The molecule has 0 saturated heterocycles. The fourth-order valence-corrected chi connectivity index (χ4v) is 3.69. The number of esters is 1. The van der Waals surface area contributed by atoms with Crippen LogP contribution in [0.2, 0.25) is 0 Å². The zero-order valence-electron chi connectivity index (χ0n) is 21.4. The first kappa shape index (κ1) is 27.8. The minimum absolute atomic E-state index is 0.0696. The third kappa shape index (κ3) is 7.28. The molecular formula is C27H37N3O5. The molecule has 0 unspecified atom stereocenters. The van der Waals surface area contributed by atoms with Crippen LogP contribution in [0, 0.1) is 11.8 Å². The highest BCUT2D eigenvalue weighted by Crippen LogP contribution is 2.26. The van der Waals surface area contributed by atoms with E-state index in [1.807, 2.05) is 58.0 Å². The number of phenols is 1. The van der Waals surface area contributed by atoms with Gasteiger partial charge in [-0.1, -0.05) is 64.4 Å². The average Bonchev–Trinajstić information content (AvgIpc) is 2.83. The van der Waals surface area contributed by atoms with Crippen LogP contribution in [0.4, 0.5) is 0 Å². The highest BCUT2D eigenvalue weighted by molar-refractivity contribution is 6.03. The number of aliphatic imine (C=N–C) groups is 1. The van der Waals surface area contributed by atoms with E-state index in [0.717, 1.165) is 10.8 Å². The number of benzene rings is 2. The second-order valence-electron chi connectivity index (χ2n) is 9.04. The molecule has 0 aliphatic heterocycles. The lowest BCUT2D eigenvalue weighted by molar-refractivity contribution is -0.147. The summed E-state index contributed by atoms with van der Waals surface area (Å²) < 4.78 is 4.96. The van der Waals surface area contributed by atoms with Crippen LogP contribution in [0.5, 0.6) is 5.75 Å². The van der Waals surface area contributed by atoms with Crippen LogP contribution < -0.4 is 10.6 Å². The van der Waals surface area contributed by atoms with Gasteiger partial charge >= 0.3 is 5.97 Å². The molecule has 35 heavy (non-hydrogen) atoms. The Labute approximate surface area is 207 Å². The maximum Gasteiger partial charge on any atom is 0.328 e. The predicted molar refractivity (Wildman–Crippen MR) is 137 cm³/mol. The van der Waals surface area contributed by atoms with E-state index in [-0.39, 0.29) is 24.2 Å². The van der Waals surface area contributed by atoms with Gasteiger partial charge in [0.2, 0.25) is 11.8 Å². The first-order valence-electron chi connectivity index (χ1n) is 12.1. The molecule has 0 fully saturated rings. The van der Waals surface area contributed by atoms with Gasteiger partial charge in [-0.3, -0.25) is 14.6 Å². The Bertz CT molecular complexity index is 1070. The van der Waals surface area contributed by atoms with Gasteiger partial charge in [-0.2, -0.15) is 0 Å². The van der Waals surface area contributed by atoms with Crippen LogP contribution in [-0.2, 0) is 19.1 Å². The average molecular weight is 484 g/mol. The number of carbonyl (C=O) groups is 3. The van der Waals surface area contributed by atoms with Crippen molar-refractivity contribution in [1.82, 2.24) is 10.6 Å². The highest BCUT2D eigenvalue weighted by Gasteiger charge is 2.31. The van der Waals surface area contributed by atoms with Crippen LogP contribution in [0.1, 0.15) is 53.5 Å². The van der Waals surface area contributed by atoms with Crippen molar-refractivity contribution in [3.05, 3.63) is 42.0 Å². The van der Waals surface area contributed by atoms with E-state index in [1.54, 1.807) is 19.9 Å². The number of rotatable bonds is 11. The summed E-state index contributed by atoms with van der Waals surface area (Å²) in [6.07, 6.45) is 2.16. The van der Waals surface area contributed by atoms with Gasteiger partial charge in [0.1, 0.15) is 23.9 Å². The van der Waals surface area contributed by atoms with Crippen LogP contribution in [-0.4, -0.2) is 53.8 Å². The number of nitrogens with zero attached hydrogens (tertiary/aromatic N) is 1. The maximum absolute atomic E-state index is 13.3. The third-order valence-corrected chi connectivity index (χ3v) is 6.00. The summed E-state index contributed by atoms with van der Waals surface area (Å²) in [5.41, 5.74) is 0.529. The molecule has 0 radical (unpaired) electrons. The molecule has 0 spiro atoms. The molecule has 2 aromatic carbocycles. The minimum atomic E-state index is -0.841. The van der Waals surface area contributed by atoms with E-state index in [4.69, 9.17) is 4.74 Å². The first-order chi connectivity index (χ1) is 16.6. The Hall–Kier alpha value is -3.42. The van der Waals surface area contributed by atoms with Crippen LogP contribution in [0.15, 0.2) is 41.4 Å². The summed E-state index contributed by atoms with van der Waals surface area (Å²) in [4.78, 5) is 42.7. The lowest BCUT2D eigenvalue weighted by Crippen LogP contribution is -2.55. The van der Waals surface area contributed by atoms with Crippen molar-refractivity contribution in [2.75, 3.05) is 6.61 Å². The number of hydrogen-bond acceptors (Lipinski definition) is 6.